The Kier molecular flexibility index (Phi) is 6.95. The van der Waals surface area contributed by atoms with E-state index in [0.29, 0.717) is 23.0 Å². The summed E-state index contributed by atoms with van der Waals surface area (Å²) in [6.45, 7) is 4.42. The molecule has 2 aliphatic carbocycles. The highest BCUT2D eigenvalue weighted by Gasteiger charge is 2.16. The molecule has 0 aliphatic heterocycles. The van der Waals surface area contributed by atoms with E-state index in [2.05, 4.69) is 34.9 Å². The molecule has 150 valence electrons. The van der Waals surface area contributed by atoms with Crippen LogP contribution in [0.2, 0.25) is 0 Å². The number of nitrogens with zero attached hydrogens (tertiary/aromatic N) is 2. The zero-order valence-corrected chi connectivity index (χ0v) is 16.8. The van der Waals surface area contributed by atoms with Gasteiger partial charge in [-0.15, -0.1) is 0 Å². The van der Waals surface area contributed by atoms with E-state index >= 15 is 0 Å². The van der Waals surface area contributed by atoms with Crippen molar-refractivity contribution in [3.8, 4) is 0 Å². The molecule has 3 rings (SSSR count). The van der Waals surface area contributed by atoms with Gasteiger partial charge in [0.25, 0.3) is 11.8 Å². The summed E-state index contributed by atoms with van der Waals surface area (Å²) in [7, 11) is 0. The van der Waals surface area contributed by atoms with E-state index < -0.39 is 0 Å². The van der Waals surface area contributed by atoms with Crippen LogP contribution in [0.5, 0.6) is 0 Å². The number of nitrogens with one attached hydrogen (secondary N) is 2. The lowest BCUT2D eigenvalue weighted by Gasteiger charge is -2.19. The minimum absolute atomic E-state index is 0.255. The Balaban J connectivity index is 1.53. The standard InChI is InChI=1S/C22H30N4O2/c1-15-5-3-7-19(13-15)23-25-21(27)17-9-11-18(12-10-17)22(28)26-24-20-8-4-6-16(2)14-20/h9-12,15-16H,3-8,13-14H2,1-2H3,(H,25,27)(H,26,28). The van der Waals surface area contributed by atoms with E-state index in [-0.39, 0.29) is 11.8 Å². The van der Waals surface area contributed by atoms with Gasteiger partial charge in [-0.05, 0) is 87.5 Å². The van der Waals surface area contributed by atoms with Crippen LogP contribution in [0.3, 0.4) is 0 Å². The number of carbonyl (C=O) groups is 2. The summed E-state index contributed by atoms with van der Waals surface area (Å²) < 4.78 is 0. The van der Waals surface area contributed by atoms with Crippen LogP contribution in [-0.2, 0) is 0 Å². The fourth-order valence-electron chi connectivity index (χ4n) is 3.89. The van der Waals surface area contributed by atoms with Crippen molar-refractivity contribution in [1.29, 1.82) is 0 Å². The van der Waals surface area contributed by atoms with Crippen LogP contribution in [-0.4, -0.2) is 23.2 Å². The van der Waals surface area contributed by atoms with Crippen molar-refractivity contribution in [2.24, 2.45) is 22.0 Å². The van der Waals surface area contributed by atoms with Gasteiger partial charge in [0.05, 0.1) is 0 Å². The molecule has 2 fully saturated rings. The Hall–Kier alpha value is -2.50. The lowest BCUT2D eigenvalue weighted by molar-refractivity contribution is 0.0942. The van der Waals surface area contributed by atoms with Crippen LogP contribution in [0.4, 0.5) is 0 Å². The van der Waals surface area contributed by atoms with Crippen LogP contribution in [0, 0.1) is 11.8 Å². The predicted molar refractivity (Wildman–Crippen MR) is 112 cm³/mol. The lowest BCUT2D eigenvalue weighted by Crippen LogP contribution is -2.23. The van der Waals surface area contributed by atoms with Crippen LogP contribution >= 0.6 is 0 Å². The summed E-state index contributed by atoms with van der Waals surface area (Å²) in [5, 5.41) is 8.55. The molecule has 0 bridgehead atoms. The fourth-order valence-corrected chi connectivity index (χ4v) is 3.89. The summed E-state index contributed by atoms with van der Waals surface area (Å²) in [5.74, 6) is 0.744. The van der Waals surface area contributed by atoms with Crippen molar-refractivity contribution in [2.75, 3.05) is 0 Å². The third kappa shape index (κ3) is 5.75. The Morgan fingerprint density at radius 3 is 1.54 bits per heavy atom. The second kappa shape index (κ2) is 9.62. The first-order valence-electron chi connectivity index (χ1n) is 10.3. The molecular formula is C22H30N4O2. The number of hydrogen-bond donors (Lipinski definition) is 2. The summed E-state index contributed by atoms with van der Waals surface area (Å²) in [6, 6.07) is 6.57. The lowest BCUT2D eigenvalue weighted by atomic mass is 9.89. The molecule has 2 aliphatic rings. The van der Waals surface area contributed by atoms with Crippen LogP contribution in [0.1, 0.15) is 85.9 Å². The molecule has 2 unspecified atom stereocenters. The van der Waals surface area contributed by atoms with E-state index in [0.717, 1.165) is 49.9 Å². The highest BCUT2D eigenvalue weighted by molar-refractivity contribution is 5.99. The number of carbonyl (C=O) groups excluding carboxylic acids is 2. The molecule has 0 spiro atoms. The maximum absolute atomic E-state index is 12.3. The average Bonchev–Trinajstić information content (AvgIpc) is 2.70. The molecule has 0 heterocycles. The molecule has 1 aromatic carbocycles. The molecule has 0 saturated heterocycles. The molecule has 0 aromatic heterocycles. The normalized spacial score (nSPS) is 25.5. The zero-order valence-electron chi connectivity index (χ0n) is 16.8. The van der Waals surface area contributed by atoms with Crippen LogP contribution in [0.25, 0.3) is 0 Å². The molecule has 2 saturated carbocycles. The van der Waals surface area contributed by atoms with E-state index in [1.165, 1.54) is 12.8 Å². The van der Waals surface area contributed by atoms with E-state index in [1.54, 1.807) is 24.3 Å². The molecular weight excluding hydrogens is 352 g/mol. The second-order valence-corrected chi connectivity index (χ2v) is 8.22. The summed E-state index contributed by atoms with van der Waals surface area (Å²) in [4.78, 5) is 24.5. The third-order valence-electron chi connectivity index (χ3n) is 5.53. The van der Waals surface area contributed by atoms with E-state index in [1.807, 2.05) is 0 Å². The molecule has 28 heavy (non-hydrogen) atoms. The number of hydrazone groups is 2. The highest BCUT2D eigenvalue weighted by atomic mass is 16.2. The Labute approximate surface area is 166 Å². The fraction of sp³-hybridized carbons (Fsp3) is 0.545. The Morgan fingerprint density at radius 1 is 0.786 bits per heavy atom. The largest absolute Gasteiger partial charge is 0.271 e. The van der Waals surface area contributed by atoms with Crippen molar-refractivity contribution < 1.29 is 9.59 Å². The minimum atomic E-state index is -0.255. The van der Waals surface area contributed by atoms with Gasteiger partial charge in [0, 0.05) is 22.6 Å². The molecule has 2 amide bonds. The predicted octanol–water partition coefficient (Wildman–Crippen LogP) is 4.28. The molecule has 0 radical (unpaired) electrons. The third-order valence-corrected chi connectivity index (χ3v) is 5.53. The first kappa shape index (κ1) is 20.2. The monoisotopic (exact) mass is 382 g/mol. The summed E-state index contributed by atoms with van der Waals surface area (Å²) in [5.41, 5.74) is 8.35. The smallest absolute Gasteiger partial charge is 0.267 e. The van der Waals surface area contributed by atoms with Crippen molar-refractivity contribution in [3.63, 3.8) is 0 Å². The second-order valence-electron chi connectivity index (χ2n) is 8.22. The van der Waals surface area contributed by atoms with Gasteiger partial charge in [0.15, 0.2) is 0 Å². The summed E-state index contributed by atoms with van der Waals surface area (Å²) in [6.07, 6.45) is 8.49. The van der Waals surface area contributed by atoms with Crippen molar-refractivity contribution >= 4 is 23.2 Å². The zero-order chi connectivity index (χ0) is 19.9. The van der Waals surface area contributed by atoms with Gasteiger partial charge < -0.3 is 0 Å². The van der Waals surface area contributed by atoms with Gasteiger partial charge >= 0.3 is 0 Å². The molecule has 2 N–H and O–H groups in total. The molecule has 6 heteroatoms. The van der Waals surface area contributed by atoms with Crippen molar-refractivity contribution in [2.45, 2.75) is 65.2 Å². The number of benzene rings is 1. The first-order chi connectivity index (χ1) is 13.5. The Bertz CT molecular complexity index is 702. The number of amides is 2. The van der Waals surface area contributed by atoms with Gasteiger partial charge in [-0.2, -0.15) is 10.2 Å². The van der Waals surface area contributed by atoms with E-state index in [4.69, 9.17) is 0 Å². The first-order valence-corrected chi connectivity index (χ1v) is 10.3. The highest BCUT2D eigenvalue weighted by Crippen LogP contribution is 2.21. The van der Waals surface area contributed by atoms with Gasteiger partial charge in [-0.1, -0.05) is 13.8 Å². The van der Waals surface area contributed by atoms with Crippen LogP contribution < -0.4 is 10.9 Å². The van der Waals surface area contributed by atoms with Crippen LogP contribution in [0.15, 0.2) is 34.5 Å². The van der Waals surface area contributed by atoms with Gasteiger partial charge in [-0.25, -0.2) is 10.9 Å². The maximum atomic E-state index is 12.3. The topological polar surface area (TPSA) is 82.9 Å². The van der Waals surface area contributed by atoms with Gasteiger partial charge in [-0.3, -0.25) is 9.59 Å². The maximum Gasteiger partial charge on any atom is 0.271 e. The van der Waals surface area contributed by atoms with E-state index in [9.17, 15) is 9.59 Å². The number of rotatable bonds is 4. The SMILES string of the molecule is CC1CCCC(=NNC(=O)c2ccc(C(=O)NN=C3CCCC(C)C3)cc2)C1. The minimum Gasteiger partial charge on any atom is -0.267 e. The quantitative estimate of drug-likeness (QED) is 0.762. The Morgan fingerprint density at radius 2 is 1.18 bits per heavy atom. The summed E-state index contributed by atoms with van der Waals surface area (Å²) >= 11 is 0. The molecule has 1 aromatic rings. The van der Waals surface area contributed by atoms with Gasteiger partial charge in [0.1, 0.15) is 0 Å². The van der Waals surface area contributed by atoms with Gasteiger partial charge in [0.2, 0.25) is 0 Å². The molecule has 2 atom stereocenters. The number of hydrogen-bond acceptors (Lipinski definition) is 4. The van der Waals surface area contributed by atoms with Crippen molar-refractivity contribution in [3.05, 3.63) is 35.4 Å². The molecule has 6 nitrogen and oxygen atoms in total. The average molecular weight is 383 g/mol. The van der Waals surface area contributed by atoms with Crippen molar-refractivity contribution in [1.82, 2.24) is 10.9 Å².